The van der Waals surface area contributed by atoms with Crippen molar-refractivity contribution in [1.82, 2.24) is 4.98 Å². The SMILES string of the molecule is CCCc1nc2c([Si](OC)(OC)OC)cccc2s1. The van der Waals surface area contributed by atoms with E-state index >= 15 is 0 Å². The van der Waals surface area contributed by atoms with E-state index in [1.807, 2.05) is 12.1 Å². The van der Waals surface area contributed by atoms with Crippen LogP contribution >= 0.6 is 11.3 Å². The van der Waals surface area contributed by atoms with E-state index in [2.05, 4.69) is 13.0 Å². The molecule has 0 atom stereocenters. The Hall–Kier alpha value is -0.793. The lowest BCUT2D eigenvalue weighted by Crippen LogP contribution is -2.55. The third-order valence-corrected chi connectivity index (χ3v) is 6.82. The van der Waals surface area contributed by atoms with E-state index in [0.717, 1.165) is 33.3 Å². The fourth-order valence-electron chi connectivity index (χ4n) is 2.14. The number of hydrogen-bond donors (Lipinski definition) is 0. The van der Waals surface area contributed by atoms with Crippen LogP contribution in [0.2, 0.25) is 0 Å². The molecule has 104 valence electrons. The lowest BCUT2D eigenvalue weighted by Gasteiger charge is -2.24. The molecule has 0 bridgehead atoms. The summed E-state index contributed by atoms with van der Waals surface area (Å²) in [6.07, 6.45) is 2.09. The average molecular weight is 297 g/mol. The number of rotatable bonds is 6. The number of hydrogen-bond acceptors (Lipinski definition) is 5. The van der Waals surface area contributed by atoms with Gasteiger partial charge in [0.15, 0.2) is 0 Å². The number of benzene rings is 1. The molecule has 2 rings (SSSR count). The number of para-hydroxylation sites is 1. The summed E-state index contributed by atoms with van der Waals surface area (Å²) in [5.41, 5.74) is 0.952. The number of aromatic nitrogens is 1. The van der Waals surface area contributed by atoms with Gasteiger partial charge in [0.05, 0.1) is 15.2 Å². The minimum Gasteiger partial charge on any atom is -0.373 e. The lowest BCUT2D eigenvalue weighted by atomic mass is 10.3. The second-order valence-electron chi connectivity index (χ2n) is 4.18. The summed E-state index contributed by atoms with van der Waals surface area (Å²) < 4.78 is 17.8. The van der Waals surface area contributed by atoms with Crippen LogP contribution in [0, 0.1) is 0 Å². The first kappa shape index (κ1) is 14.6. The van der Waals surface area contributed by atoms with Crippen LogP contribution in [0.4, 0.5) is 0 Å². The largest absolute Gasteiger partial charge is 0.538 e. The van der Waals surface area contributed by atoms with Gasteiger partial charge in [-0.25, -0.2) is 4.98 Å². The molecular formula is C13H19NO3SSi. The van der Waals surface area contributed by atoms with Crippen molar-refractivity contribution in [3.05, 3.63) is 23.2 Å². The molecule has 2 aromatic rings. The smallest absolute Gasteiger partial charge is 0.373 e. The second-order valence-corrected chi connectivity index (χ2v) is 8.17. The van der Waals surface area contributed by atoms with E-state index in [1.54, 1.807) is 32.7 Å². The van der Waals surface area contributed by atoms with E-state index in [1.165, 1.54) is 0 Å². The first-order valence-electron chi connectivity index (χ1n) is 6.25. The van der Waals surface area contributed by atoms with Crippen LogP contribution in [0.3, 0.4) is 0 Å². The molecule has 1 heterocycles. The summed E-state index contributed by atoms with van der Waals surface area (Å²) in [7, 11) is 2.04. The van der Waals surface area contributed by atoms with Gasteiger partial charge >= 0.3 is 8.80 Å². The van der Waals surface area contributed by atoms with Crippen molar-refractivity contribution in [3.8, 4) is 0 Å². The molecule has 0 aliphatic rings. The number of nitrogens with zero attached hydrogens (tertiary/aromatic N) is 1. The molecule has 0 spiro atoms. The van der Waals surface area contributed by atoms with Crippen molar-refractivity contribution in [3.63, 3.8) is 0 Å². The summed E-state index contributed by atoms with van der Waals surface area (Å²) >= 11 is 1.73. The highest BCUT2D eigenvalue weighted by Crippen LogP contribution is 2.24. The van der Waals surface area contributed by atoms with E-state index in [9.17, 15) is 0 Å². The van der Waals surface area contributed by atoms with Gasteiger partial charge < -0.3 is 13.3 Å². The standard InChI is InChI=1S/C13H19NO3SSi/c1-5-7-12-14-13-10(18-12)8-6-9-11(13)19(15-2,16-3)17-4/h6,8-9H,5,7H2,1-4H3. The number of fused-ring (bicyclic) bond motifs is 1. The molecule has 0 radical (unpaired) electrons. The summed E-state index contributed by atoms with van der Waals surface area (Å²) in [4.78, 5) is 4.73. The van der Waals surface area contributed by atoms with Gasteiger partial charge in [-0.1, -0.05) is 19.1 Å². The Morgan fingerprint density at radius 1 is 1.16 bits per heavy atom. The van der Waals surface area contributed by atoms with E-state index < -0.39 is 8.80 Å². The summed E-state index contributed by atoms with van der Waals surface area (Å²) in [5.74, 6) is 0. The molecule has 0 saturated heterocycles. The first-order valence-corrected chi connectivity index (χ1v) is 8.79. The van der Waals surface area contributed by atoms with E-state index in [0.29, 0.717) is 0 Å². The lowest BCUT2D eigenvalue weighted by molar-refractivity contribution is 0.140. The number of thiazole rings is 1. The second kappa shape index (κ2) is 6.11. The highest BCUT2D eigenvalue weighted by molar-refractivity contribution is 7.18. The Kier molecular flexibility index (Phi) is 4.70. The predicted octanol–water partition coefficient (Wildman–Crippen LogP) is 2.33. The van der Waals surface area contributed by atoms with Crippen molar-refractivity contribution < 1.29 is 13.3 Å². The molecule has 1 aromatic heterocycles. The molecule has 0 amide bonds. The highest BCUT2D eigenvalue weighted by Gasteiger charge is 2.42. The molecule has 1 aromatic carbocycles. The number of aryl methyl sites for hydroxylation is 1. The summed E-state index contributed by atoms with van der Waals surface area (Å²) in [6.45, 7) is 2.16. The van der Waals surface area contributed by atoms with Gasteiger partial charge in [-0.05, 0) is 18.9 Å². The molecule has 0 fully saturated rings. The maximum atomic E-state index is 5.56. The highest BCUT2D eigenvalue weighted by atomic mass is 32.1. The molecule has 6 heteroatoms. The zero-order chi connectivity index (χ0) is 13.9. The average Bonchev–Trinajstić information content (AvgIpc) is 2.85. The van der Waals surface area contributed by atoms with Crippen LogP contribution < -0.4 is 5.19 Å². The van der Waals surface area contributed by atoms with Crippen LogP contribution in [0.15, 0.2) is 18.2 Å². The van der Waals surface area contributed by atoms with E-state index in [-0.39, 0.29) is 0 Å². The van der Waals surface area contributed by atoms with E-state index in [4.69, 9.17) is 18.3 Å². The van der Waals surface area contributed by atoms with Gasteiger partial charge in [0.25, 0.3) is 0 Å². The minimum absolute atomic E-state index is 0.941. The van der Waals surface area contributed by atoms with Gasteiger partial charge in [-0.15, -0.1) is 11.3 Å². The Morgan fingerprint density at radius 2 is 1.84 bits per heavy atom. The van der Waals surface area contributed by atoms with Gasteiger partial charge in [0.1, 0.15) is 0 Å². The van der Waals surface area contributed by atoms with Crippen molar-refractivity contribution >= 4 is 35.5 Å². The summed E-state index contributed by atoms with van der Waals surface area (Å²) in [5, 5.41) is 2.09. The molecule has 0 aliphatic heterocycles. The third kappa shape index (κ3) is 2.59. The van der Waals surface area contributed by atoms with Crippen LogP contribution in [0.25, 0.3) is 10.2 Å². The molecule has 0 unspecified atom stereocenters. The van der Waals surface area contributed by atoms with Crippen molar-refractivity contribution in [2.45, 2.75) is 19.8 Å². The fourth-order valence-corrected chi connectivity index (χ4v) is 5.27. The Labute approximate surface area is 118 Å². The van der Waals surface area contributed by atoms with Crippen LogP contribution in [-0.4, -0.2) is 35.1 Å². The van der Waals surface area contributed by atoms with Gasteiger partial charge in [-0.3, -0.25) is 0 Å². The summed E-state index contributed by atoms with van der Waals surface area (Å²) in [6, 6.07) is 6.07. The Bertz CT molecular complexity index is 546. The molecular weight excluding hydrogens is 278 g/mol. The van der Waals surface area contributed by atoms with Crippen molar-refractivity contribution in [1.29, 1.82) is 0 Å². The van der Waals surface area contributed by atoms with Crippen LogP contribution in [0.1, 0.15) is 18.4 Å². The quantitative estimate of drug-likeness (QED) is 0.767. The van der Waals surface area contributed by atoms with Crippen LogP contribution in [0.5, 0.6) is 0 Å². The monoisotopic (exact) mass is 297 g/mol. The van der Waals surface area contributed by atoms with Crippen molar-refractivity contribution in [2.75, 3.05) is 21.3 Å². The maximum Gasteiger partial charge on any atom is 0.538 e. The topological polar surface area (TPSA) is 40.6 Å². The molecule has 19 heavy (non-hydrogen) atoms. The molecule has 0 N–H and O–H groups in total. The maximum absolute atomic E-state index is 5.56. The Morgan fingerprint density at radius 3 is 2.42 bits per heavy atom. The van der Waals surface area contributed by atoms with Gasteiger partial charge in [-0.2, -0.15) is 0 Å². The fraction of sp³-hybridized carbons (Fsp3) is 0.462. The first-order chi connectivity index (χ1) is 9.20. The predicted molar refractivity (Wildman–Crippen MR) is 80.0 cm³/mol. The molecule has 0 aliphatic carbocycles. The zero-order valence-corrected chi connectivity index (χ0v) is 13.5. The molecule has 4 nitrogen and oxygen atoms in total. The van der Waals surface area contributed by atoms with Gasteiger partial charge in [0.2, 0.25) is 0 Å². The third-order valence-electron chi connectivity index (χ3n) is 3.06. The molecule has 0 saturated carbocycles. The zero-order valence-electron chi connectivity index (χ0n) is 11.7. The normalized spacial score (nSPS) is 12.2. The van der Waals surface area contributed by atoms with Gasteiger partial charge in [0, 0.05) is 26.5 Å². The van der Waals surface area contributed by atoms with Crippen LogP contribution in [-0.2, 0) is 19.7 Å². The van der Waals surface area contributed by atoms with Crippen molar-refractivity contribution in [2.24, 2.45) is 0 Å². The Balaban J connectivity index is 2.59. The minimum atomic E-state index is -2.82.